The van der Waals surface area contributed by atoms with Crippen LogP contribution in [-0.2, 0) is 16.0 Å². The topological polar surface area (TPSA) is 119 Å². The molecule has 0 atom stereocenters. The fourth-order valence-electron chi connectivity index (χ4n) is 3.22. The molecule has 1 aromatic heterocycles. The summed E-state index contributed by atoms with van der Waals surface area (Å²) in [6.45, 7) is 0.985. The van der Waals surface area contributed by atoms with E-state index in [1.807, 2.05) is 12.1 Å². The highest BCUT2D eigenvalue weighted by Crippen LogP contribution is 2.19. The number of hydrogen-bond acceptors (Lipinski definition) is 5. The summed E-state index contributed by atoms with van der Waals surface area (Å²) in [5, 5.41) is 18.7. The number of H-pyrrole nitrogens is 1. The Hall–Kier alpha value is -3.21. The zero-order chi connectivity index (χ0) is 18.5. The van der Waals surface area contributed by atoms with Crippen molar-refractivity contribution in [2.24, 2.45) is 5.92 Å². The molecular weight excluding hydrogens is 334 g/mol. The van der Waals surface area contributed by atoms with E-state index in [9.17, 15) is 14.4 Å². The molecular formula is C18H19N5O3. The molecule has 1 saturated heterocycles. The van der Waals surface area contributed by atoms with Gasteiger partial charge in [-0.25, -0.2) is 5.10 Å². The lowest BCUT2D eigenvalue weighted by Crippen LogP contribution is -2.43. The molecule has 134 valence electrons. The first kappa shape index (κ1) is 17.6. The minimum absolute atomic E-state index is 0.00291. The van der Waals surface area contributed by atoms with E-state index in [1.165, 1.54) is 0 Å². The monoisotopic (exact) mass is 353 g/mol. The van der Waals surface area contributed by atoms with Crippen LogP contribution in [0.3, 0.4) is 0 Å². The van der Waals surface area contributed by atoms with Crippen molar-refractivity contribution in [3.05, 3.63) is 40.3 Å². The average molecular weight is 353 g/mol. The molecule has 1 aromatic carbocycles. The van der Waals surface area contributed by atoms with E-state index in [0.717, 1.165) is 0 Å². The number of nitrogens with one attached hydrogen (secondary N) is 2. The smallest absolute Gasteiger partial charge is 0.272 e. The summed E-state index contributed by atoms with van der Waals surface area (Å²) in [5.41, 5.74) is 0.264. The lowest BCUT2D eigenvalue weighted by Gasteiger charge is -2.31. The Morgan fingerprint density at radius 3 is 2.65 bits per heavy atom. The normalized spacial score (nSPS) is 14.8. The maximum atomic E-state index is 12.6. The zero-order valence-corrected chi connectivity index (χ0v) is 14.2. The average Bonchev–Trinajstić information content (AvgIpc) is 2.68. The van der Waals surface area contributed by atoms with E-state index in [2.05, 4.69) is 15.5 Å². The molecule has 0 spiro atoms. The number of carbonyl (C=O) groups excluding carboxylic acids is 2. The van der Waals surface area contributed by atoms with Gasteiger partial charge in [0.2, 0.25) is 11.8 Å². The van der Waals surface area contributed by atoms with Crippen LogP contribution in [0.2, 0.25) is 0 Å². The van der Waals surface area contributed by atoms with Crippen molar-refractivity contribution in [1.29, 1.82) is 5.26 Å². The summed E-state index contributed by atoms with van der Waals surface area (Å²) in [6.07, 6.45) is 1.24. The van der Waals surface area contributed by atoms with Gasteiger partial charge in [-0.15, -0.1) is 0 Å². The largest absolute Gasteiger partial charge is 0.343 e. The predicted octanol–water partition coefficient (Wildman–Crippen LogP) is 0.344. The van der Waals surface area contributed by atoms with Crippen LogP contribution in [0.5, 0.6) is 0 Å². The van der Waals surface area contributed by atoms with E-state index in [4.69, 9.17) is 5.26 Å². The van der Waals surface area contributed by atoms with Gasteiger partial charge in [0.05, 0.1) is 23.6 Å². The van der Waals surface area contributed by atoms with Crippen molar-refractivity contribution in [2.45, 2.75) is 19.3 Å². The van der Waals surface area contributed by atoms with Crippen LogP contribution in [0.25, 0.3) is 10.8 Å². The standard InChI is InChI=1S/C18H19N5O3/c19-7-8-20-17(25)12-5-9-23(10-6-12)16(24)11-15-13-3-1-2-4-14(13)18(26)22-21-15/h1-4,12H,5-6,8-11H2,(H,20,25)(H,22,26). The van der Waals surface area contributed by atoms with E-state index in [1.54, 1.807) is 23.1 Å². The molecule has 0 radical (unpaired) electrons. The van der Waals surface area contributed by atoms with Gasteiger partial charge in [0.25, 0.3) is 5.56 Å². The van der Waals surface area contributed by atoms with Crippen molar-refractivity contribution in [1.82, 2.24) is 20.4 Å². The van der Waals surface area contributed by atoms with Gasteiger partial charge in [-0.2, -0.15) is 10.4 Å². The van der Waals surface area contributed by atoms with Gasteiger partial charge in [-0.3, -0.25) is 14.4 Å². The van der Waals surface area contributed by atoms with Gasteiger partial charge >= 0.3 is 0 Å². The second kappa shape index (κ2) is 7.78. The Kier molecular flexibility index (Phi) is 5.27. The lowest BCUT2D eigenvalue weighted by molar-refractivity contribution is -0.135. The van der Waals surface area contributed by atoms with Crippen LogP contribution < -0.4 is 10.9 Å². The molecule has 26 heavy (non-hydrogen) atoms. The van der Waals surface area contributed by atoms with E-state index < -0.39 is 0 Å². The van der Waals surface area contributed by atoms with Gasteiger partial charge < -0.3 is 10.2 Å². The molecule has 2 N–H and O–H groups in total. The first-order valence-electron chi connectivity index (χ1n) is 8.49. The van der Waals surface area contributed by atoms with Gasteiger partial charge in [-0.05, 0) is 18.9 Å². The first-order chi connectivity index (χ1) is 12.6. The van der Waals surface area contributed by atoms with Gasteiger partial charge in [0.1, 0.15) is 6.54 Å². The van der Waals surface area contributed by atoms with Gasteiger partial charge in [0.15, 0.2) is 0 Å². The highest BCUT2D eigenvalue weighted by atomic mass is 16.2. The van der Waals surface area contributed by atoms with Crippen LogP contribution in [0.4, 0.5) is 0 Å². The number of carbonyl (C=O) groups is 2. The number of aromatic nitrogens is 2. The minimum atomic E-state index is -0.277. The summed E-state index contributed by atoms with van der Waals surface area (Å²) in [5.74, 6) is -0.378. The van der Waals surface area contributed by atoms with Crippen LogP contribution >= 0.6 is 0 Å². The quantitative estimate of drug-likeness (QED) is 0.769. The number of nitrogens with zero attached hydrogens (tertiary/aromatic N) is 3. The molecule has 1 aliphatic heterocycles. The number of benzene rings is 1. The summed E-state index contributed by atoms with van der Waals surface area (Å²) < 4.78 is 0. The van der Waals surface area contributed by atoms with Crippen LogP contribution in [0.15, 0.2) is 29.1 Å². The Bertz CT molecular complexity index is 922. The lowest BCUT2D eigenvalue weighted by atomic mass is 9.95. The molecule has 2 heterocycles. The molecule has 1 aliphatic rings. The second-order valence-corrected chi connectivity index (χ2v) is 6.25. The fourth-order valence-corrected chi connectivity index (χ4v) is 3.22. The maximum Gasteiger partial charge on any atom is 0.272 e. The Morgan fingerprint density at radius 1 is 1.27 bits per heavy atom. The molecule has 2 aromatic rings. The van der Waals surface area contributed by atoms with Crippen molar-refractivity contribution in [2.75, 3.05) is 19.6 Å². The van der Waals surface area contributed by atoms with Crippen LogP contribution in [-0.4, -0.2) is 46.5 Å². The zero-order valence-electron chi connectivity index (χ0n) is 14.2. The van der Waals surface area contributed by atoms with Crippen molar-refractivity contribution in [3.8, 4) is 6.07 Å². The highest BCUT2D eigenvalue weighted by molar-refractivity contribution is 5.88. The number of amides is 2. The maximum absolute atomic E-state index is 12.6. The Balaban J connectivity index is 1.64. The molecule has 8 heteroatoms. The first-order valence-corrected chi connectivity index (χ1v) is 8.49. The van der Waals surface area contributed by atoms with E-state index in [-0.39, 0.29) is 36.3 Å². The van der Waals surface area contributed by atoms with Gasteiger partial charge in [0, 0.05) is 24.4 Å². The second-order valence-electron chi connectivity index (χ2n) is 6.25. The number of piperidine rings is 1. The highest BCUT2D eigenvalue weighted by Gasteiger charge is 2.27. The number of aromatic amines is 1. The third-order valence-electron chi connectivity index (χ3n) is 4.65. The van der Waals surface area contributed by atoms with E-state index >= 15 is 0 Å². The minimum Gasteiger partial charge on any atom is -0.343 e. The van der Waals surface area contributed by atoms with Crippen molar-refractivity contribution in [3.63, 3.8) is 0 Å². The Labute approximate surface area is 149 Å². The number of rotatable bonds is 4. The van der Waals surface area contributed by atoms with E-state index in [0.29, 0.717) is 42.4 Å². The van der Waals surface area contributed by atoms with Crippen LogP contribution in [0.1, 0.15) is 18.5 Å². The number of fused-ring (bicyclic) bond motifs is 1. The molecule has 2 amide bonds. The van der Waals surface area contributed by atoms with Crippen molar-refractivity contribution >= 4 is 22.6 Å². The SMILES string of the molecule is N#CCNC(=O)C1CCN(C(=O)Cc2n[nH]c(=O)c3ccccc23)CC1. The molecule has 0 saturated carbocycles. The Morgan fingerprint density at radius 2 is 1.96 bits per heavy atom. The molecule has 3 rings (SSSR count). The molecule has 0 bridgehead atoms. The molecule has 1 fully saturated rings. The van der Waals surface area contributed by atoms with Crippen LogP contribution in [0, 0.1) is 17.2 Å². The third-order valence-corrected chi connectivity index (χ3v) is 4.65. The van der Waals surface area contributed by atoms with Crippen molar-refractivity contribution < 1.29 is 9.59 Å². The van der Waals surface area contributed by atoms with Gasteiger partial charge in [-0.1, -0.05) is 18.2 Å². The third kappa shape index (κ3) is 3.72. The fraction of sp³-hybridized carbons (Fsp3) is 0.389. The summed E-state index contributed by atoms with van der Waals surface area (Å²) >= 11 is 0. The summed E-state index contributed by atoms with van der Waals surface area (Å²) in [6, 6.07) is 8.95. The predicted molar refractivity (Wildman–Crippen MR) is 94.0 cm³/mol. The molecule has 8 nitrogen and oxygen atoms in total. The molecule has 0 aliphatic carbocycles. The molecule has 0 unspecified atom stereocenters. The summed E-state index contributed by atoms with van der Waals surface area (Å²) in [4.78, 5) is 38.0. The number of hydrogen-bond donors (Lipinski definition) is 2. The number of likely N-dealkylation sites (tertiary alicyclic amines) is 1. The summed E-state index contributed by atoms with van der Waals surface area (Å²) in [7, 11) is 0. The number of nitriles is 1.